The van der Waals surface area contributed by atoms with E-state index in [0.29, 0.717) is 25.0 Å². The fourth-order valence-electron chi connectivity index (χ4n) is 3.01. The summed E-state index contributed by atoms with van der Waals surface area (Å²) in [5.74, 6) is -0.0280. The van der Waals surface area contributed by atoms with E-state index in [4.69, 9.17) is 4.74 Å². The minimum atomic E-state index is -0.544. The van der Waals surface area contributed by atoms with E-state index >= 15 is 0 Å². The molecule has 1 aliphatic carbocycles. The summed E-state index contributed by atoms with van der Waals surface area (Å²) in [6.07, 6.45) is 1.52. The minimum absolute atomic E-state index is 0.0280. The molecule has 1 rings (SSSR count). The fourth-order valence-corrected chi connectivity index (χ4v) is 3.01. The average molecular weight is 297 g/mol. The van der Waals surface area contributed by atoms with Gasteiger partial charge in [-0.1, -0.05) is 20.8 Å². The maximum absolute atomic E-state index is 12.2. The maximum atomic E-state index is 12.2. The summed E-state index contributed by atoms with van der Waals surface area (Å²) < 4.78 is 5.22. The maximum Gasteiger partial charge on any atom is 0.407 e. The van der Waals surface area contributed by atoms with Crippen LogP contribution in [0.2, 0.25) is 0 Å². The molecule has 0 saturated heterocycles. The van der Waals surface area contributed by atoms with Gasteiger partial charge in [0.2, 0.25) is 0 Å². The number of hydrogen-bond donors (Lipinski definition) is 2. The Hall–Kier alpha value is -1.52. The van der Waals surface area contributed by atoms with E-state index in [9.17, 15) is 14.7 Å². The molecule has 1 atom stereocenters. The molecule has 1 saturated carbocycles. The summed E-state index contributed by atoms with van der Waals surface area (Å²) in [5.41, 5.74) is -0.956. The standard InChI is InChI=1S/C16H27NO4/c1-14(2,3)21-13(20)17-10-16(6)7-11(8-18)12(19)15(4,5)9-16/h8,18H,7,9-10H2,1-6H3,(H,17,20)/b11-8-. The van der Waals surface area contributed by atoms with Gasteiger partial charge in [0.15, 0.2) is 5.78 Å². The van der Waals surface area contributed by atoms with Crippen molar-refractivity contribution in [3.63, 3.8) is 0 Å². The first-order valence-electron chi connectivity index (χ1n) is 7.23. The van der Waals surface area contributed by atoms with Crippen LogP contribution in [0.25, 0.3) is 0 Å². The number of Topliss-reactive ketones (excluding diaryl/α,β-unsaturated/α-hetero) is 1. The molecule has 0 aliphatic heterocycles. The number of aliphatic hydroxyl groups excluding tert-OH is 1. The summed E-state index contributed by atoms with van der Waals surface area (Å²) >= 11 is 0. The lowest BCUT2D eigenvalue weighted by atomic mass is 9.62. The van der Waals surface area contributed by atoms with Crippen LogP contribution in [0, 0.1) is 10.8 Å². The van der Waals surface area contributed by atoms with Gasteiger partial charge >= 0.3 is 6.09 Å². The van der Waals surface area contributed by atoms with Crippen molar-refractivity contribution in [1.29, 1.82) is 0 Å². The third-order valence-electron chi connectivity index (χ3n) is 3.61. The van der Waals surface area contributed by atoms with E-state index in [1.807, 2.05) is 41.5 Å². The molecule has 5 heteroatoms. The van der Waals surface area contributed by atoms with Gasteiger partial charge in [0.25, 0.3) is 0 Å². The van der Waals surface area contributed by atoms with Gasteiger partial charge in [-0.2, -0.15) is 0 Å². The van der Waals surface area contributed by atoms with Gasteiger partial charge in [-0.05, 0) is 39.0 Å². The van der Waals surface area contributed by atoms with Crippen LogP contribution in [0.4, 0.5) is 4.79 Å². The molecule has 120 valence electrons. The highest BCUT2D eigenvalue weighted by atomic mass is 16.6. The molecule has 1 fully saturated rings. The van der Waals surface area contributed by atoms with Crippen molar-refractivity contribution in [3.8, 4) is 0 Å². The Balaban J connectivity index is 2.74. The van der Waals surface area contributed by atoms with Gasteiger partial charge in [0.05, 0.1) is 6.26 Å². The highest BCUT2D eigenvalue weighted by molar-refractivity contribution is 6.00. The van der Waals surface area contributed by atoms with E-state index in [-0.39, 0.29) is 11.2 Å². The molecule has 1 unspecified atom stereocenters. The second-order valence-corrected chi connectivity index (χ2v) is 7.89. The summed E-state index contributed by atoms with van der Waals surface area (Å²) in [4.78, 5) is 23.9. The van der Waals surface area contributed by atoms with Crippen molar-refractivity contribution >= 4 is 11.9 Å². The predicted octanol–water partition coefficient (Wildman–Crippen LogP) is 3.35. The molecule has 0 heterocycles. The van der Waals surface area contributed by atoms with Crippen molar-refractivity contribution in [3.05, 3.63) is 11.8 Å². The van der Waals surface area contributed by atoms with E-state index < -0.39 is 17.1 Å². The first-order chi connectivity index (χ1) is 9.38. The molecule has 5 nitrogen and oxygen atoms in total. The minimum Gasteiger partial charge on any atom is -0.515 e. The Labute approximate surface area is 126 Å². The molecule has 0 spiro atoms. The molecule has 0 aromatic carbocycles. The molecule has 21 heavy (non-hydrogen) atoms. The molecule has 0 aromatic heterocycles. The van der Waals surface area contributed by atoms with E-state index in [0.717, 1.165) is 6.26 Å². The zero-order valence-corrected chi connectivity index (χ0v) is 13.9. The molecule has 0 aromatic rings. The molecular formula is C16H27NO4. The lowest BCUT2D eigenvalue weighted by molar-refractivity contribution is -0.127. The van der Waals surface area contributed by atoms with E-state index in [2.05, 4.69) is 5.32 Å². The second kappa shape index (κ2) is 5.70. The SMILES string of the molecule is CC1(CNC(=O)OC(C)(C)C)C/C(=C/O)C(=O)C(C)(C)C1. The molecule has 0 bridgehead atoms. The monoisotopic (exact) mass is 297 g/mol. The fraction of sp³-hybridized carbons (Fsp3) is 0.750. The Morgan fingerprint density at radius 2 is 1.95 bits per heavy atom. The molecule has 1 aliphatic rings. The van der Waals surface area contributed by atoms with Gasteiger partial charge < -0.3 is 15.2 Å². The number of carbonyl (C=O) groups is 2. The number of hydrogen-bond acceptors (Lipinski definition) is 4. The molecule has 1 amide bonds. The number of aliphatic hydroxyl groups is 1. The largest absolute Gasteiger partial charge is 0.515 e. The van der Waals surface area contributed by atoms with Gasteiger partial charge in [-0.15, -0.1) is 0 Å². The Morgan fingerprint density at radius 1 is 1.38 bits per heavy atom. The van der Waals surface area contributed by atoms with Gasteiger partial charge in [-0.3, -0.25) is 4.79 Å². The summed E-state index contributed by atoms with van der Waals surface area (Å²) in [6.45, 7) is 11.6. The quantitative estimate of drug-likeness (QED) is 0.605. The van der Waals surface area contributed by atoms with Crippen molar-refractivity contribution in [2.24, 2.45) is 10.8 Å². The summed E-state index contributed by atoms with van der Waals surface area (Å²) in [6, 6.07) is 0. The number of ketones is 1. The van der Waals surface area contributed by atoms with Crippen LogP contribution in [-0.2, 0) is 9.53 Å². The van der Waals surface area contributed by atoms with Crippen molar-refractivity contribution < 1.29 is 19.4 Å². The van der Waals surface area contributed by atoms with Crippen molar-refractivity contribution in [1.82, 2.24) is 5.32 Å². The molecular weight excluding hydrogens is 270 g/mol. The van der Waals surface area contributed by atoms with Crippen LogP contribution in [0.5, 0.6) is 0 Å². The number of nitrogens with one attached hydrogen (secondary N) is 1. The highest BCUT2D eigenvalue weighted by Gasteiger charge is 2.45. The van der Waals surface area contributed by atoms with Gasteiger partial charge in [0.1, 0.15) is 5.60 Å². The van der Waals surface area contributed by atoms with Gasteiger partial charge in [-0.25, -0.2) is 4.79 Å². The highest BCUT2D eigenvalue weighted by Crippen LogP contribution is 2.45. The van der Waals surface area contributed by atoms with E-state index in [1.54, 1.807) is 0 Å². The van der Waals surface area contributed by atoms with E-state index in [1.165, 1.54) is 0 Å². The number of rotatable bonds is 2. The first kappa shape index (κ1) is 17.5. The summed E-state index contributed by atoms with van der Waals surface area (Å²) in [5, 5.41) is 12.0. The normalized spacial score (nSPS) is 27.5. The van der Waals surface area contributed by atoms with Crippen LogP contribution in [0.3, 0.4) is 0 Å². The van der Waals surface area contributed by atoms with Crippen LogP contribution < -0.4 is 5.32 Å². The number of alkyl carbamates (subject to hydrolysis) is 1. The first-order valence-corrected chi connectivity index (χ1v) is 7.23. The number of ether oxygens (including phenoxy) is 1. The van der Waals surface area contributed by atoms with Crippen molar-refractivity contribution in [2.45, 2.75) is 60.0 Å². The lowest BCUT2D eigenvalue weighted by Gasteiger charge is -2.42. The van der Waals surface area contributed by atoms with Gasteiger partial charge in [0, 0.05) is 17.5 Å². The van der Waals surface area contributed by atoms with Crippen LogP contribution in [0.15, 0.2) is 11.8 Å². The Kier molecular flexibility index (Phi) is 4.76. The lowest BCUT2D eigenvalue weighted by Crippen LogP contribution is -2.46. The third-order valence-corrected chi connectivity index (χ3v) is 3.61. The number of carbonyl (C=O) groups excluding carboxylic acids is 2. The number of amides is 1. The topological polar surface area (TPSA) is 75.6 Å². The third kappa shape index (κ3) is 4.76. The van der Waals surface area contributed by atoms with Crippen LogP contribution in [0.1, 0.15) is 54.4 Å². The van der Waals surface area contributed by atoms with Crippen LogP contribution >= 0.6 is 0 Å². The molecule has 0 radical (unpaired) electrons. The predicted molar refractivity (Wildman–Crippen MR) is 81.1 cm³/mol. The zero-order chi connectivity index (χ0) is 16.5. The smallest absolute Gasteiger partial charge is 0.407 e. The average Bonchev–Trinajstić information content (AvgIpc) is 2.29. The number of allylic oxidation sites excluding steroid dienone is 1. The Bertz CT molecular complexity index is 459. The second-order valence-electron chi connectivity index (χ2n) is 7.89. The zero-order valence-electron chi connectivity index (χ0n) is 13.9. The van der Waals surface area contributed by atoms with Crippen molar-refractivity contribution in [2.75, 3.05) is 6.54 Å². The Morgan fingerprint density at radius 3 is 2.43 bits per heavy atom. The summed E-state index contributed by atoms with van der Waals surface area (Å²) in [7, 11) is 0. The van der Waals surface area contributed by atoms with Crippen LogP contribution in [-0.4, -0.2) is 29.1 Å². The molecule has 2 N–H and O–H groups in total.